The van der Waals surface area contributed by atoms with E-state index in [1.165, 1.54) is 0 Å². The largest absolute Gasteiger partial charge is 0.355 e. The predicted molar refractivity (Wildman–Crippen MR) is 96.5 cm³/mol. The van der Waals surface area contributed by atoms with E-state index >= 15 is 0 Å². The number of nitrogens with one attached hydrogen (secondary N) is 1. The third-order valence-electron chi connectivity index (χ3n) is 4.47. The van der Waals surface area contributed by atoms with Crippen molar-refractivity contribution in [2.24, 2.45) is 5.73 Å². The van der Waals surface area contributed by atoms with Crippen LogP contribution in [0.5, 0.6) is 0 Å². The van der Waals surface area contributed by atoms with Crippen molar-refractivity contribution in [1.29, 1.82) is 0 Å². The van der Waals surface area contributed by atoms with Gasteiger partial charge in [0.1, 0.15) is 5.82 Å². The molecule has 1 amide bonds. The molecule has 3 N–H and O–H groups in total. The molecule has 1 fully saturated rings. The zero-order valence-corrected chi connectivity index (χ0v) is 14.9. The maximum Gasteiger partial charge on any atom is 0.289 e. The third kappa shape index (κ3) is 3.93. The molecular formula is C18H24N6O. The molecule has 2 aromatic heterocycles. The molecule has 2 aromatic rings. The topological polar surface area (TPSA) is 97.0 Å². The van der Waals surface area contributed by atoms with Crippen molar-refractivity contribution in [3.8, 4) is 0 Å². The highest BCUT2D eigenvalue weighted by molar-refractivity contribution is 5.90. The highest BCUT2D eigenvalue weighted by Gasteiger charge is 2.24. The maximum atomic E-state index is 12.5. The van der Waals surface area contributed by atoms with Gasteiger partial charge in [0.05, 0.1) is 12.2 Å². The van der Waals surface area contributed by atoms with Crippen LogP contribution in [-0.2, 0) is 6.54 Å². The van der Waals surface area contributed by atoms with Gasteiger partial charge in [0, 0.05) is 36.1 Å². The lowest BCUT2D eigenvalue weighted by molar-refractivity contribution is 0.0939. The van der Waals surface area contributed by atoms with Crippen LogP contribution in [0, 0.1) is 20.8 Å². The van der Waals surface area contributed by atoms with Gasteiger partial charge in [0.2, 0.25) is 5.82 Å². The summed E-state index contributed by atoms with van der Waals surface area (Å²) >= 11 is 0. The summed E-state index contributed by atoms with van der Waals surface area (Å²) in [6.45, 7) is 7.76. The lowest BCUT2D eigenvalue weighted by atomic mass is 10.2. The van der Waals surface area contributed by atoms with Crippen LogP contribution in [0.25, 0.3) is 0 Å². The van der Waals surface area contributed by atoms with Gasteiger partial charge in [-0.2, -0.15) is 0 Å². The molecule has 3 rings (SSSR count). The van der Waals surface area contributed by atoms with Crippen molar-refractivity contribution in [3.05, 3.63) is 46.7 Å². The van der Waals surface area contributed by atoms with Gasteiger partial charge in [-0.1, -0.05) is 6.07 Å². The summed E-state index contributed by atoms with van der Waals surface area (Å²) in [6.07, 6.45) is 0.934. The van der Waals surface area contributed by atoms with E-state index in [-0.39, 0.29) is 17.8 Å². The monoisotopic (exact) mass is 340 g/mol. The van der Waals surface area contributed by atoms with Gasteiger partial charge >= 0.3 is 0 Å². The van der Waals surface area contributed by atoms with Crippen molar-refractivity contribution >= 4 is 11.7 Å². The molecule has 0 aromatic carbocycles. The first kappa shape index (κ1) is 17.3. The number of nitrogens with two attached hydrogens (primary N) is 1. The van der Waals surface area contributed by atoms with Crippen molar-refractivity contribution in [2.45, 2.75) is 39.8 Å². The number of hydrogen-bond donors (Lipinski definition) is 2. The average molecular weight is 340 g/mol. The van der Waals surface area contributed by atoms with Gasteiger partial charge in [0.15, 0.2) is 0 Å². The van der Waals surface area contributed by atoms with E-state index < -0.39 is 0 Å². The van der Waals surface area contributed by atoms with Crippen molar-refractivity contribution < 1.29 is 4.79 Å². The Balaban J connectivity index is 1.77. The number of anilines is 1. The molecule has 0 bridgehead atoms. The lowest BCUT2D eigenvalue weighted by Crippen LogP contribution is -2.30. The lowest BCUT2D eigenvalue weighted by Gasteiger charge is -2.20. The molecule has 1 atom stereocenters. The Labute approximate surface area is 147 Å². The minimum Gasteiger partial charge on any atom is -0.355 e. The number of hydrogen-bond acceptors (Lipinski definition) is 6. The quantitative estimate of drug-likeness (QED) is 0.870. The molecule has 0 aliphatic carbocycles. The first-order valence-corrected chi connectivity index (χ1v) is 8.50. The summed E-state index contributed by atoms with van der Waals surface area (Å²) in [7, 11) is 0. The van der Waals surface area contributed by atoms with Crippen LogP contribution < -0.4 is 16.0 Å². The summed E-state index contributed by atoms with van der Waals surface area (Å²) in [5, 5.41) is 2.85. The Bertz CT molecular complexity index is 791. The van der Waals surface area contributed by atoms with Crippen LogP contribution in [0.3, 0.4) is 0 Å². The highest BCUT2D eigenvalue weighted by atomic mass is 16.2. The van der Waals surface area contributed by atoms with Crippen LogP contribution in [0.2, 0.25) is 0 Å². The Morgan fingerprint density at radius 3 is 2.76 bits per heavy atom. The fraction of sp³-hybridized carbons (Fsp3) is 0.444. The second-order valence-electron chi connectivity index (χ2n) is 6.53. The highest BCUT2D eigenvalue weighted by Crippen LogP contribution is 2.23. The molecule has 0 unspecified atom stereocenters. The van der Waals surface area contributed by atoms with Crippen LogP contribution in [0.15, 0.2) is 18.2 Å². The van der Waals surface area contributed by atoms with Crippen LogP contribution in [0.1, 0.15) is 39.7 Å². The predicted octanol–water partition coefficient (Wildman–Crippen LogP) is 1.26. The van der Waals surface area contributed by atoms with Gasteiger partial charge in [-0.3, -0.25) is 9.78 Å². The number of amides is 1. The molecule has 7 heteroatoms. The minimum atomic E-state index is -0.295. The summed E-state index contributed by atoms with van der Waals surface area (Å²) in [5.41, 5.74) is 9.53. The van der Waals surface area contributed by atoms with E-state index in [9.17, 15) is 4.79 Å². The SMILES string of the molecule is Cc1cccc(CNC(=O)c2nc(C)c(C)c(N3CC[C@@H](N)C3)n2)n1. The molecule has 1 aliphatic heterocycles. The van der Waals surface area contributed by atoms with E-state index in [4.69, 9.17) is 5.73 Å². The molecule has 1 saturated heterocycles. The zero-order chi connectivity index (χ0) is 18.0. The Kier molecular flexibility index (Phi) is 4.94. The summed E-state index contributed by atoms with van der Waals surface area (Å²) < 4.78 is 0. The summed E-state index contributed by atoms with van der Waals surface area (Å²) in [5.74, 6) is 0.696. The molecule has 3 heterocycles. The first-order valence-electron chi connectivity index (χ1n) is 8.50. The van der Waals surface area contributed by atoms with Crippen molar-refractivity contribution in [3.63, 3.8) is 0 Å². The fourth-order valence-electron chi connectivity index (χ4n) is 2.95. The summed E-state index contributed by atoms with van der Waals surface area (Å²) in [4.78, 5) is 27.9. The number of rotatable bonds is 4. The number of nitrogens with zero attached hydrogens (tertiary/aromatic N) is 4. The number of aryl methyl sites for hydroxylation is 2. The van der Waals surface area contributed by atoms with E-state index in [0.717, 1.165) is 48.0 Å². The zero-order valence-electron chi connectivity index (χ0n) is 14.9. The Morgan fingerprint density at radius 2 is 2.08 bits per heavy atom. The summed E-state index contributed by atoms with van der Waals surface area (Å²) in [6, 6.07) is 5.88. The number of aromatic nitrogens is 3. The second-order valence-corrected chi connectivity index (χ2v) is 6.53. The molecule has 7 nitrogen and oxygen atoms in total. The number of carbonyl (C=O) groups is 1. The van der Waals surface area contributed by atoms with Crippen LogP contribution >= 0.6 is 0 Å². The standard InChI is InChI=1S/C18H24N6O/c1-11-5-4-6-15(21-11)9-20-18(25)16-22-13(3)12(2)17(23-16)24-8-7-14(19)10-24/h4-6,14H,7-10,19H2,1-3H3,(H,20,25)/t14-/m1/s1. The smallest absolute Gasteiger partial charge is 0.289 e. The molecule has 0 radical (unpaired) electrons. The van der Waals surface area contributed by atoms with E-state index in [1.807, 2.05) is 39.0 Å². The van der Waals surface area contributed by atoms with Crippen molar-refractivity contribution in [2.75, 3.05) is 18.0 Å². The first-order chi connectivity index (χ1) is 11.9. The normalized spacial score (nSPS) is 17.0. The molecule has 25 heavy (non-hydrogen) atoms. The van der Waals surface area contributed by atoms with E-state index in [1.54, 1.807) is 0 Å². The van der Waals surface area contributed by atoms with Gasteiger partial charge in [-0.25, -0.2) is 9.97 Å². The molecule has 0 spiro atoms. The van der Waals surface area contributed by atoms with Crippen LogP contribution in [-0.4, -0.2) is 40.0 Å². The molecule has 1 aliphatic rings. The van der Waals surface area contributed by atoms with Gasteiger partial charge < -0.3 is 16.0 Å². The number of carbonyl (C=O) groups excluding carboxylic acids is 1. The maximum absolute atomic E-state index is 12.5. The Morgan fingerprint density at radius 1 is 1.28 bits per heavy atom. The number of pyridine rings is 1. The van der Waals surface area contributed by atoms with Gasteiger partial charge in [-0.05, 0) is 39.3 Å². The second kappa shape index (κ2) is 7.14. The van der Waals surface area contributed by atoms with Crippen LogP contribution in [0.4, 0.5) is 5.82 Å². The molecule has 0 saturated carbocycles. The molecule has 132 valence electrons. The third-order valence-corrected chi connectivity index (χ3v) is 4.47. The molecular weight excluding hydrogens is 316 g/mol. The van der Waals surface area contributed by atoms with Crippen molar-refractivity contribution in [1.82, 2.24) is 20.3 Å². The average Bonchev–Trinajstić information content (AvgIpc) is 3.01. The van der Waals surface area contributed by atoms with E-state index in [0.29, 0.717) is 6.54 Å². The van der Waals surface area contributed by atoms with Gasteiger partial charge in [-0.15, -0.1) is 0 Å². The Hall–Kier alpha value is -2.54. The fourth-order valence-corrected chi connectivity index (χ4v) is 2.95. The van der Waals surface area contributed by atoms with Gasteiger partial charge in [0.25, 0.3) is 5.91 Å². The minimum absolute atomic E-state index is 0.152. The van der Waals surface area contributed by atoms with E-state index in [2.05, 4.69) is 25.2 Å².